The van der Waals surface area contributed by atoms with Crippen molar-refractivity contribution in [2.24, 2.45) is 0 Å². The average molecular weight is 2010 g/mol. The maximum Gasteiger partial charge on any atom is 0.356 e. The van der Waals surface area contributed by atoms with Crippen molar-refractivity contribution in [1.82, 2.24) is 79.0 Å². The van der Waals surface area contributed by atoms with Gasteiger partial charge in [-0.15, -0.1) is 0 Å². The van der Waals surface area contributed by atoms with Crippen molar-refractivity contribution < 1.29 is 161 Å². The smallest absolute Gasteiger partial charge is 0.356 e. The Morgan fingerprint density at radius 3 is 0.934 bits per heavy atom. The molecule has 8 aromatic rings. The molecule has 0 spiro atoms. The molecule has 12 heterocycles. The maximum atomic E-state index is 11.4. The summed E-state index contributed by atoms with van der Waals surface area (Å²) in [6.07, 6.45) is 6.10. The van der Waals surface area contributed by atoms with E-state index < -0.39 is 198 Å². The van der Waals surface area contributed by atoms with Gasteiger partial charge in [-0.2, -0.15) is 20.4 Å². The third kappa shape index (κ3) is 25.4. The number of nitrogens with one attached hydrogen (secondary N) is 4. The van der Waals surface area contributed by atoms with Crippen LogP contribution in [-0.4, -0.2) is 362 Å². The number of aromatic nitrogens is 16. The fraction of sp³-hybridized carbons (Fsp3) is 0.747. The first-order valence-corrected chi connectivity index (χ1v) is 52.1. The van der Waals surface area contributed by atoms with E-state index in [-0.39, 0.29) is 18.7 Å². The van der Waals surface area contributed by atoms with Crippen LogP contribution < -0.4 is 21.3 Å². The molecule has 23 N–H and O–H groups in total. The predicted octanol–water partition coefficient (Wildman–Crippen LogP) is 0.690. The molecule has 8 fully saturated rings. The minimum Gasteiger partial charge on any atom is -0.393 e. The van der Waals surface area contributed by atoms with Crippen LogP contribution >= 0.6 is 30.4 Å². The lowest BCUT2D eigenvalue weighted by molar-refractivity contribution is -0.0807. The van der Waals surface area contributed by atoms with Gasteiger partial charge in [0, 0.05) is 57.6 Å². The lowest BCUT2D eigenvalue weighted by Crippen LogP contribution is -2.35. The zero-order chi connectivity index (χ0) is 98.0. The number of ether oxygens (including phenoxy) is 10. The van der Waals surface area contributed by atoms with Crippen LogP contribution in [-0.2, 0) is 84.9 Å². The van der Waals surface area contributed by atoms with Gasteiger partial charge in [-0.25, -0.2) is 58.6 Å². The molecule has 8 aromatic heterocycles. The summed E-state index contributed by atoms with van der Waals surface area (Å²) in [6.45, 7) is 2.99. The number of hydrogen-bond donors (Lipinski definition) is 23. The van der Waals surface area contributed by atoms with Crippen molar-refractivity contribution in [1.29, 1.82) is 0 Å². The Bertz CT molecular complexity index is 5420. The van der Waals surface area contributed by atoms with Crippen LogP contribution in [0.3, 0.4) is 0 Å². The SMILES string of the molecule is CCCc1nc(NC2CCCC2)c2cnn([C@@H]3O[C@H](COC(CO)P(=O)(O)O)[C@@H](O)[C@H]3O)c2n1.CCc1nc(NC2CCCC2)c2cnn([C@@H]3O[C@H](COC(C)P(=O)(O)O)[C@@H](O)[C@H]3O)c2n1.COC(C)c1nc(NC2CCCC2)c2cnn([C@@H]3O[C@H](COC(CO)P(=O)(O)O)[C@@H](O)[C@H]3O)c2n1.COCCc1nc(NC2CCCC2)c2cnn([C@@H]3O[C@H](COC(CO)P(=O)(O)O)[C@@H](O)[C@H]3O)c2n1. The minimum atomic E-state index is -4.73. The van der Waals surface area contributed by atoms with Crippen molar-refractivity contribution in [3.05, 3.63) is 48.1 Å². The van der Waals surface area contributed by atoms with E-state index in [0.29, 0.717) is 129 Å². The van der Waals surface area contributed by atoms with E-state index in [1.165, 1.54) is 38.5 Å². The van der Waals surface area contributed by atoms with Gasteiger partial charge in [0.15, 0.2) is 76.7 Å². The van der Waals surface area contributed by atoms with Gasteiger partial charge >= 0.3 is 30.4 Å². The highest BCUT2D eigenvalue weighted by atomic mass is 31.2. The topological polar surface area (TPSA) is 767 Å². The molecular formula is C79H126N20O33P4. The first-order chi connectivity index (χ1) is 64.8. The second-order valence-corrected chi connectivity index (χ2v) is 42.0. The van der Waals surface area contributed by atoms with Gasteiger partial charge in [0.1, 0.15) is 120 Å². The number of methoxy groups -OCH3 is 2. The molecule has 8 aliphatic rings. The molecule has 53 nitrogen and oxygen atoms in total. The molecule has 136 heavy (non-hydrogen) atoms. The Morgan fingerprint density at radius 2 is 0.662 bits per heavy atom. The van der Waals surface area contributed by atoms with Crippen LogP contribution in [0, 0.1) is 0 Å². The molecule has 4 aliphatic carbocycles. The Hall–Kier alpha value is -6.84. The number of anilines is 4. The summed E-state index contributed by atoms with van der Waals surface area (Å²) < 4.78 is 105. The number of hydrogen-bond acceptors (Lipinski definition) is 41. The first kappa shape index (κ1) is 106. The molecule has 0 aromatic carbocycles. The second-order valence-electron chi connectivity index (χ2n) is 34.8. The monoisotopic (exact) mass is 2010 g/mol. The lowest BCUT2D eigenvalue weighted by Gasteiger charge is -2.20. The predicted molar refractivity (Wildman–Crippen MR) is 477 cm³/mol. The molecule has 0 amide bonds. The zero-order valence-electron chi connectivity index (χ0n) is 75.7. The van der Waals surface area contributed by atoms with E-state index >= 15 is 0 Å². The van der Waals surface area contributed by atoms with Crippen molar-refractivity contribution in [3.63, 3.8) is 0 Å². The summed E-state index contributed by atoms with van der Waals surface area (Å²) in [6, 6.07) is 1.22. The molecule has 57 heteroatoms. The van der Waals surface area contributed by atoms with Gasteiger partial charge in [0.2, 0.25) is 0 Å². The second kappa shape index (κ2) is 46.9. The summed E-state index contributed by atoms with van der Waals surface area (Å²) in [5.74, 6) is -1.91. The van der Waals surface area contributed by atoms with Crippen LogP contribution in [0.4, 0.5) is 23.3 Å². The van der Waals surface area contributed by atoms with Crippen molar-refractivity contribution in [2.75, 3.05) is 88.3 Å². The molecule has 4 saturated heterocycles. The fourth-order valence-corrected chi connectivity index (χ4v) is 18.9. The lowest BCUT2D eigenvalue weighted by atomic mass is 10.1. The Morgan fingerprint density at radius 1 is 0.382 bits per heavy atom. The van der Waals surface area contributed by atoms with Crippen LogP contribution in [0.2, 0.25) is 0 Å². The van der Waals surface area contributed by atoms with Crippen LogP contribution in [0.5, 0.6) is 0 Å². The molecule has 760 valence electrons. The first-order valence-electron chi connectivity index (χ1n) is 45.4. The van der Waals surface area contributed by atoms with Gasteiger partial charge in [-0.1, -0.05) is 65.2 Å². The van der Waals surface area contributed by atoms with Crippen molar-refractivity contribution in [2.45, 2.75) is 308 Å². The number of aliphatic hydroxyl groups excluding tert-OH is 11. The summed E-state index contributed by atoms with van der Waals surface area (Å²) in [5.41, 5.74) is 1.67. The number of aryl methyl sites for hydroxylation is 2. The third-order valence-corrected chi connectivity index (χ3v) is 29.3. The molecule has 16 rings (SSSR count). The van der Waals surface area contributed by atoms with E-state index in [1.807, 2.05) is 13.8 Å². The number of fused-ring (bicyclic) bond motifs is 4. The Balaban J connectivity index is 0.000000153. The van der Waals surface area contributed by atoms with Gasteiger partial charge in [0.05, 0.1) is 99.2 Å². The highest BCUT2D eigenvalue weighted by Crippen LogP contribution is 2.48. The van der Waals surface area contributed by atoms with Gasteiger partial charge in [-0.3, -0.25) is 18.3 Å². The molecule has 4 aliphatic heterocycles. The van der Waals surface area contributed by atoms with Gasteiger partial charge in [0.25, 0.3) is 0 Å². The van der Waals surface area contributed by atoms with E-state index in [2.05, 4.69) is 81.5 Å². The minimum absolute atomic E-state index is 0.271. The summed E-state index contributed by atoms with van der Waals surface area (Å²) in [7, 11) is -15.5. The molecular weight excluding hydrogens is 1880 g/mol. The summed E-state index contributed by atoms with van der Waals surface area (Å²) in [4.78, 5) is 111. The molecule has 0 radical (unpaired) electrons. The standard InChI is InChI=1S/2C20H32N5O9P.C20H32N5O8P.C19H30N5O7P/c1-10(32-2)17-23-18(22-11-5-3-4-6-11)12-7-21-25(19(12)24-17)20-16(28)15(27)13(34-20)9-33-14(8-26)35(29,30)31;1-32-7-6-14-23-18(22-11-4-2-3-5-11)12-8-21-25(19(12)24-14)20-17(28)16(27)13(34-20)10-33-15(9-26)35(29,30)31;1-2-5-14-23-18(22-11-6-3-4-7-11)12-8-21-25(19(12)24-14)20-17(28)16(27)13(33-20)10-32-15(9-26)34(29,30)31;1-3-14-22-17(21-11-6-4-5-7-11)12-8-20-24(18(12)23-14)19-16(26)15(25)13(31-19)9-30-10(2)32(27,28)29/h7,10-11,13-16,20,26-28H,3-6,8-9H2,1-2H3,(H,22,23,24)(H2,29,30,31);8,11,13,15-17,20,26-28H,2-7,9-10H2,1H3,(H,22,23,24)(H2,29,30,31);8,11,13,15-17,20,26-28H,2-7,9-10H2,1H3,(H,22,23,24)(H2,29,30,31);8,10-11,13,15-16,19,25-26H,3-7,9H2,1-2H3,(H,21,22,23)(H2,27,28,29)/t10?,13-,14?,15-,16-,20-;2*13-,15?,16-,17-,20-;10?,13-,15-,16-,19-/m1111/s1. The Kier molecular flexibility index (Phi) is 36.7. The quantitative estimate of drug-likeness (QED) is 0.0236. The zero-order valence-corrected chi connectivity index (χ0v) is 79.3. The molecule has 21 atom stereocenters. The van der Waals surface area contributed by atoms with E-state index in [9.17, 15) is 108 Å². The van der Waals surface area contributed by atoms with E-state index in [4.69, 9.17) is 52.5 Å². The van der Waals surface area contributed by atoms with Crippen LogP contribution in [0.15, 0.2) is 24.8 Å². The summed E-state index contributed by atoms with van der Waals surface area (Å²) in [5, 5.41) is 146. The highest BCUT2D eigenvalue weighted by Gasteiger charge is 2.51. The fourth-order valence-electron chi connectivity index (χ4n) is 17.2. The van der Waals surface area contributed by atoms with E-state index in [0.717, 1.165) is 96.3 Å². The number of aliphatic hydroxyl groups is 11. The number of nitrogens with zero attached hydrogens (tertiary/aromatic N) is 16. The van der Waals surface area contributed by atoms with Crippen molar-refractivity contribution in [3.8, 4) is 0 Å². The largest absolute Gasteiger partial charge is 0.393 e. The number of rotatable bonds is 39. The highest BCUT2D eigenvalue weighted by molar-refractivity contribution is 7.53. The molecule has 5 unspecified atom stereocenters. The van der Waals surface area contributed by atoms with Crippen LogP contribution in [0.25, 0.3) is 44.1 Å². The van der Waals surface area contributed by atoms with Crippen LogP contribution in [0.1, 0.15) is 191 Å². The average Bonchev–Trinajstić information content (AvgIpc) is 1.70. The third-order valence-electron chi connectivity index (χ3n) is 25.0. The van der Waals surface area contributed by atoms with Crippen molar-refractivity contribution >= 4 is 97.8 Å². The maximum absolute atomic E-state index is 11.4. The molecule has 4 saturated carbocycles. The van der Waals surface area contributed by atoms with E-state index in [1.54, 1.807) is 45.9 Å². The van der Waals surface area contributed by atoms with Gasteiger partial charge in [-0.05, 0) is 71.6 Å². The van der Waals surface area contributed by atoms with Gasteiger partial charge < -0.3 is 164 Å². The Labute approximate surface area is 778 Å². The molecule has 0 bridgehead atoms. The normalized spacial score (nSPS) is 27.2. The summed E-state index contributed by atoms with van der Waals surface area (Å²) >= 11 is 0.